The zero-order valence-electron chi connectivity index (χ0n) is 17.9. The monoisotopic (exact) mass is 445 g/mol. The number of alkyl halides is 3. The van der Waals surface area contributed by atoms with Crippen molar-refractivity contribution in [2.75, 3.05) is 37.7 Å². The summed E-state index contributed by atoms with van der Waals surface area (Å²) in [5.41, 5.74) is 2.26. The van der Waals surface area contributed by atoms with E-state index in [1.165, 1.54) is 12.1 Å². The molecule has 0 saturated carbocycles. The van der Waals surface area contributed by atoms with Crippen molar-refractivity contribution >= 4 is 16.6 Å². The van der Waals surface area contributed by atoms with Crippen molar-refractivity contribution in [3.8, 4) is 5.75 Å². The lowest BCUT2D eigenvalue weighted by molar-refractivity contribution is -0.137. The molecule has 4 rings (SSSR count). The Morgan fingerprint density at radius 1 is 1.03 bits per heavy atom. The highest BCUT2D eigenvalue weighted by Crippen LogP contribution is 2.33. The topological polar surface area (TPSA) is 48.8 Å². The van der Waals surface area contributed by atoms with Gasteiger partial charge in [-0.3, -0.25) is 9.88 Å². The predicted octanol–water partition coefficient (Wildman–Crippen LogP) is 4.82. The molecule has 0 spiro atoms. The predicted molar refractivity (Wildman–Crippen MR) is 118 cm³/mol. The summed E-state index contributed by atoms with van der Waals surface area (Å²) in [6.07, 6.45) is -2.69. The normalized spacial score (nSPS) is 15.4. The first-order chi connectivity index (χ1) is 15.4. The molecule has 8 heteroatoms. The van der Waals surface area contributed by atoms with Gasteiger partial charge in [0.2, 0.25) is 0 Å². The molecule has 3 aromatic rings. The Morgan fingerprint density at radius 2 is 1.81 bits per heavy atom. The van der Waals surface area contributed by atoms with Crippen LogP contribution in [0.5, 0.6) is 5.75 Å². The summed E-state index contributed by atoms with van der Waals surface area (Å²) in [6, 6.07) is 11.2. The van der Waals surface area contributed by atoms with Crippen molar-refractivity contribution in [1.82, 2.24) is 9.88 Å². The highest BCUT2D eigenvalue weighted by Gasteiger charge is 2.31. The number of phenols is 1. The van der Waals surface area contributed by atoms with Crippen molar-refractivity contribution in [2.45, 2.75) is 26.3 Å². The fraction of sp³-hybridized carbons (Fsp3) is 0.375. The molecule has 170 valence electrons. The van der Waals surface area contributed by atoms with Crippen LogP contribution >= 0.6 is 0 Å². The van der Waals surface area contributed by atoms with E-state index in [0.717, 1.165) is 22.6 Å². The second-order valence-electron chi connectivity index (χ2n) is 7.89. The van der Waals surface area contributed by atoms with Crippen LogP contribution < -0.4 is 4.90 Å². The number of ether oxygens (including phenoxy) is 1. The molecule has 2 heterocycles. The number of halogens is 3. The minimum absolute atomic E-state index is 0.168. The number of benzene rings is 2. The van der Waals surface area contributed by atoms with Crippen LogP contribution in [0.2, 0.25) is 0 Å². The lowest BCUT2D eigenvalue weighted by atomic mass is 10.0. The third kappa shape index (κ3) is 4.81. The maximum absolute atomic E-state index is 13.0. The minimum Gasteiger partial charge on any atom is -0.505 e. The molecule has 1 saturated heterocycles. The van der Waals surface area contributed by atoms with E-state index in [1.807, 2.05) is 30.0 Å². The second-order valence-corrected chi connectivity index (χ2v) is 7.89. The molecule has 0 atom stereocenters. The Bertz CT molecular complexity index is 1080. The van der Waals surface area contributed by atoms with Crippen LogP contribution in [-0.2, 0) is 24.1 Å². The summed E-state index contributed by atoms with van der Waals surface area (Å²) in [4.78, 5) is 8.52. The zero-order chi connectivity index (χ0) is 22.7. The van der Waals surface area contributed by atoms with Crippen LogP contribution in [0.3, 0.4) is 0 Å². The molecule has 0 bridgehead atoms. The number of pyridine rings is 1. The largest absolute Gasteiger partial charge is 0.505 e. The highest BCUT2D eigenvalue weighted by atomic mass is 19.4. The van der Waals surface area contributed by atoms with Gasteiger partial charge in [-0.25, -0.2) is 0 Å². The van der Waals surface area contributed by atoms with Gasteiger partial charge in [0.25, 0.3) is 0 Å². The Kier molecular flexibility index (Phi) is 6.53. The molecule has 1 N–H and O–H groups in total. The van der Waals surface area contributed by atoms with E-state index >= 15 is 0 Å². The van der Waals surface area contributed by atoms with Crippen molar-refractivity contribution < 1.29 is 23.0 Å². The molecular formula is C24H26F3N3O2. The fourth-order valence-corrected chi connectivity index (χ4v) is 4.10. The minimum atomic E-state index is -4.35. The molecule has 1 aliphatic rings. The molecule has 1 aromatic heterocycles. The van der Waals surface area contributed by atoms with Crippen LogP contribution in [0.25, 0.3) is 10.9 Å². The summed E-state index contributed by atoms with van der Waals surface area (Å²) < 4.78 is 44.7. The molecule has 0 unspecified atom stereocenters. The number of aromatic hydroxyl groups is 1. The lowest BCUT2D eigenvalue weighted by Crippen LogP contribution is -2.46. The van der Waals surface area contributed by atoms with Gasteiger partial charge in [-0.05, 0) is 42.8 Å². The van der Waals surface area contributed by atoms with Gasteiger partial charge in [-0.15, -0.1) is 0 Å². The first kappa shape index (κ1) is 22.4. The molecule has 32 heavy (non-hydrogen) atoms. The van der Waals surface area contributed by atoms with Crippen LogP contribution in [0.15, 0.2) is 48.7 Å². The van der Waals surface area contributed by atoms with Crippen molar-refractivity contribution in [3.63, 3.8) is 0 Å². The summed E-state index contributed by atoms with van der Waals surface area (Å²) in [7, 11) is 0. The van der Waals surface area contributed by atoms with Gasteiger partial charge in [0, 0.05) is 62.2 Å². The van der Waals surface area contributed by atoms with Gasteiger partial charge >= 0.3 is 6.18 Å². The van der Waals surface area contributed by atoms with Crippen molar-refractivity contribution in [1.29, 1.82) is 0 Å². The lowest BCUT2D eigenvalue weighted by Gasteiger charge is -2.36. The maximum atomic E-state index is 13.0. The first-order valence-corrected chi connectivity index (χ1v) is 10.7. The van der Waals surface area contributed by atoms with Crippen LogP contribution in [0.1, 0.15) is 23.6 Å². The average molecular weight is 445 g/mol. The number of nitrogens with zero attached hydrogens (tertiary/aromatic N) is 3. The van der Waals surface area contributed by atoms with Gasteiger partial charge in [-0.1, -0.05) is 12.1 Å². The fourth-order valence-electron chi connectivity index (χ4n) is 4.10. The Balaban J connectivity index is 1.48. The van der Waals surface area contributed by atoms with Crippen molar-refractivity contribution in [3.05, 3.63) is 65.4 Å². The zero-order valence-corrected chi connectivity index (χ0v) is 17.9. The first-order valence-electron chi connectivity index (χ1n) is 10.7. The average Bonchev–Trinajstić information content (AvgIpc) is 2.80. The molecule has 0 amide bonds. The quantitative estimate of drug-likeness (QED) is 0.590. The standard InChI is InChI=1S/C24H26F3N3O2/c1-2-32-16-18-13-17(23(31)22-21(18)7-4-8-28-22)15-29-9-11-30(12-10-29)20-6-3-5-19(14-20)24(25,26)27/h3-8,13-14,31H,2,9-12,15-16H2,1H3. The van der Waals surface area contributed by atoms with Gasteiger partial charge in [-0.2, -0.15) is 13.2 Å². The van der Waals surface area contributed by atoms with E-state index in [9.17, 15) is 18.3 Å². The Labute approximate surface area is 185 Å². The molecular weight excluding hydrogens is 419 g/mol. The highest BCUT2D eigenvalue weighted by molar-refractivity contribution is 5.88. The number of aromatic nitrogens is 1. The molecule has 5 nitrogen and oxygen atoms in total. The van der Waals surface area contributed by atoms with Gasteiger partial charge < -0.3 is 14.7 Å². The third-order valence-electron chi connectivity index (χ3n) is 5.80. The van der Waals surface area contributed by atoms with E-state index in [1.54, 1.807) is 12.3 Å². The molecule has 2 aromatic carbocycles. The Hall–Kier alpha value is -2.84. The third-order valence-corrected chi connectivity index (χ3v) is 5.80. The number of hydrogen-bond acceptors (Lipinski definition) is 5. The van der Waals surface area contributed by atoms with Gasteiger partial charge in [0.1, 0.15) is 11.3 Å². The van der Waals surface area contributed by atoms with Crippen LogP contribution in [0.4, 0.5) is 18.9 Å². The summed E-state index contributed by atoms with van der Waals surface area (Å²) in [6.45, 7) is 6.08. The SMILES string of the molecule is CCOCc1cc(CN2CCN(c3cccc(C(F)(F)F)c3)CC2)c(O)c2ncccc12. The summed E-state index contributed by atoms with van der Waals surface area (Å²) in [5, 5.41) is 11.7. The number of rotatable bonds is 6. The van der Waals surface area contributed by atoms with Crippen LogP contribution in [-0.4, -0.2) is 47.8 Å². The Morgan fingerprint density at radius 3 is 2.53 bits per heavy atom. The number of fused-ring (bicyclic) bond motifs is 1. The van der Waals surface area contributed by atoms with Crippen LogP contribution in [0, 0.1) is 0 Å². The number of phenolic OH excluding ortho intramolecular Hbond substituents is 1. The van der Waals surface area contributed by atoms with E-state index in [4.69, 9.17) is 4.74 Å². The smallest absolute Gasteiger partial charge is 0.416 e. The summed E-state index contributed by atoms with van der Waals surface area (Å²) in [5.74, 6) is 0.168. The summed E-state index contributed by atoms with van der Waals surface area (Å²) >= 11 is 0. The van der Waals surface area contributed by atoms with E-state index < -0.39 is 11.7 Å². The maximum Gasteiger partial charge on any atom is 0.416 e. The van der Waals surface area contributed by atoms with Gasteiger partial charge in [0.15, 0.2) is 0 Å². The number of anilines is 1. The van der Waals surface area contributed by atoms with Crippen molar-refractivity contribution in [2.24, 2.45) is 0 Å². The number of piperazine rings is 1. The van der Waals surface area contributed by atoms with E-state index in [-0.39, 0.29) is 5.75 Å². The molecule has 1 aliphatic heterocycles. The number of hydrogen-bond donors (Lipinski definition) is 1. The van der Waals surface area contributed by atoms with E-state index in [0.29, 0.717) is 57.1 Å². The van der Waals surface area contributed by atoms with Gasteiger partial charge in [0.05, 0.1) is 12.2 Å². The molecule has 1 fully saturated rings. The second kappa shape index (κ2) is 9.34. The molecule has 0 aliphatic carbocycles. The van der Waals surface area contributed by atoms with E-state index in [2.05, 4.69) is 9.88 Å². The molecule has 0 radical (unpaired) electrons.